The lowest BCUT2D eigenvalue weighted by molar-refractivity contribution is -0.111. The van der Waals surface area contributed by atoms with Crippen LogP contribution in [0, 0.1) is 5.82 Å². The highest BCUT2D eigenvalue weighted by Crippen LogP contribution is 2.38. The maximum absolute atomic E-state index is 14.4. The van der Waals surface area contributed by atoms with Crippen molar-refractivity contribution in [3.8, 4) is 34.1 Å². The van der Waals surface area contributed by atoms with Crippen LogP contribution in [-0.4, -0.2) is 10.9 Å². The molecule has 33 heavy (non-hydrogen) atoms. The molecule has 3 N–H and O–H groups in total. The zero-order chi connectivity index (χ0) is 23.2. The number of hydrogen-bond donors (Lipinski definition) is 2. The third-order valence-corrected chi connectivity index (χ3v) is 4.67. The lowest BCUT2D eigenvalue weighted by atomic mass is 10.1. The summed E-state index contributed by atoms with van der Waals surface area (Å²) in [6.45, 7) is 3.40. The number of anilines is 2. The van der Waals surface area contributed by atoms with Gasteiger partial charge in [-0.2, -0.15) is 0 Å². The maximum Gasteiger partial charge on any atom is 0.247 e. The van der Waals surface area contributed by atoms with Gasteiger partial charge in [0, 0.05) is 18.0 Å². The molecule has 0 aliphatic carbocycles. The minimum absolute atomic E-state index is 0.0762. The van der Waals surface area contributed by atoms with E-state index in [4.69, 9.17) is 15.2 Å². The van der Waals surface area contributed by atoms with E-state index in [-0.39, 0.29) is 11.6 Å². The van der Waals surface area contributed by atoms with Crippen LogP contribution in [0.2, 0.25) is 0 Å². The predicted octanol–water partition coefficient (Wildman–Crippen LogP) is 6.18. The van der Waals surface area contributed by atoms with Crippen molar-refractivity contribution in [3.05, 3.63) is 104 Å². The number of halogens is 1. The Hall–Kier alpha value is -4.65. The molecule has 7 heteroatoms. The van der Waals surface area contributed by atoms with Crippen LogP contribution in [-0.2, 0) is 4.79 Å². The van der Waals surface area contributed by atoms with Crippen molar-refractivity contribution in [3.63, 3.8) is 0 Å². The first kappa shape index (κ1) is 21.6. The molecule has 3 aromatic carbocycles. The first-order chi connectivity index (χ1) is 16.0. The summed E-state index contributed by atoms with van der Waals surface area (Å²) in [5.41, 5.74) is 7.72. The van der Waals surface area contributed by atoms with Crippen LogP contribution in [0.15, 0.2) is 97.7 Å². The molecule has 6 nitrogen and oxygen atoms in total. The summed E-state index contributed by atoms with van der Waals surface area (Å²) in [5, 5.41) is 2.57. The standard InChI is InChI=1S/C26H20FN3O3/c1-2-24(31)30-18-10-13-21(27)23(16-18)33-22-14-15-29-26(28)25(22)17-8-11-20(12-9-17)32-19-6-4-3-5-7-19/h2-16H,1H2,(H2,28,29)(H,30,31). The van der Waals surface area contributed by atoms with Gasteiger partial charge in [0.15, 0.2) is 11.6 Å². The molecular formula is C26H20FN3O3. The number of hydrogen-bond acceptors (Lipinski definition) is 5. The van der Waals surface area contributed by atoms with Crippen LogP contribution in [0.5, 0.6) is 23.0 Å². The molecule has 0 radical (unpaired) electrons. The second-order valence-electron chi connectivity index (χ2n) is 6.95. The maximum atomic E-state index is 14.4. The van der Waals surface area contributed by atoms with Crippen molar-refractivity contribution in [2.24, 2.45) is 0 Å². The molecule has 0 aliphatic rings. The Bertz CT molecular complexity index is 1290. The minimum Gasteiger partial charge on any atom is -0.457 e. The predicted molar refractivity (Wildman–Crippen MR) is 126 cm³/mol. The summed E-state index contributed by atoms with van der Waals surface area (Å²) in [4.78, 5) is 15.7. The molecule has 4 aromatic rings. The molecule has 0 bridgehead atoms. The molecule has 0 spiro atoms. The topological polar surface area (TPSA) is 86.5 Å². The Morgan fingerprint density at radius 2 is 1.67 bits per heavy atom. The summed E-state index contributed by atoms with van der Waals surface area (Å²) in [6, 6.07) is 22.2. The van der Waals surface area contributed by atoms with Gasteiger partial charge in [-0.25, -0.2) is 9.37 Å². The quantitative estimate of drug-likeness (QED) is 0.335. The molecule has 0 saturated heterocycles. The van der Waals surface area contributed by atoms with Gasteiger partial charge < -0.3 is 20.5 Å². The van der Waals surface area contributed by atoms with Gasteiger partial charge >= 0.3 is 0 Å². The number of carbonyl (C=O) groups is 1. The fraction of sp³-hybridized carbons (Fsp3) is 0. The van der Waals surface area contributed by atoms with E-state index in [0.717, 1.165) is 6.08 Å². The third-order valence-electron chi connectivity index (χ3n) is 4.67. The summed E-state index contributed by atoms with van der Waals surface area (Å²) in [7, 11) is 0. The molecule has 1 amide bonds. The van der Waals surface area contributed by atoms with Crippen LogP contribution in [0.3, 0.4) is 0 Å². The SMILES string of the molecule is C=CC(=O)Nc1ccc(F)c(Oc2ccnc(N)c2-c2ccc(Oc3ccccc3)cc2)c1. The van der Waals surface area contributed by atoms with E-state index in [0.29, 0.717) is 34.1 Å². The lowest BCUT2D eigenvalue weighted by Gasteiger charge is -2.15. The lowest BCUT2D eigenvalue weighted by Crippen LogP contribution is -2.07. The van der Waals surface area contributed by atoms with Crippen molar-refractivity contribution in [1.29, 1.82) is 0 Å². The molecular weight excluding hydrogens is 421 g/mol. The highest BCUT2D eigenvalue weighted by Gasteiger charge is 2.15. The highest BCUT2D eigenvalue weighted by molar-refractivity contribution is 5.99. The zero-order valence-electron chi connectivity index (χ0n) is 17.5. The monoisotopic (exact) mass is 441 g/mol. The Balaban J connectivity index is 1.62. The van der Waals surface area contributed by atoms with E-state index in [2.05, 4.69) is 16.9 Å². The summed E-state index contributed by atoms with van der Waals surface area (Å²) in [6.07, 6.45) is 2.60. The number of nitrogens with zero attached hydrogens (tertiary/aromatic N) is 1. The van der Waals surface area contributed by atoms with Gasteiger partial charge in [-0.15, -0.1) is 0 Å². The molecule has 0 aliphatic heterocycles. The number of rotatable bonds is 7. The van der Waals surface area contributed by atoms with Gasteiger partial charge in [-0.3, -0.25) is 4.79 Å². The number of para-hydroxylation sites is 1. The van der Waals surface area contributed by atoms with Crippen molar-refractivity contribution >= 4 is 17.4 Å². The van der Waals surface area contributed by atoms with Crippen molar-refractivity contribution < 1.29 is 18.7 Å². The first-order valence-corrected chi connectivity index (χ1v) is 10.0. The van der Waals surface area contributed by atoms with Gasteiger partial charge in [0.25, 0.3) is 0 Å². The first-order valence-electron chi connectivity index (χ1n) is 10.0. The average molecular weight is 441 g/mol. The Morgan fingerprint density at radius 3 is 2.39 bits per heavy atom. The fourth-order valence-electron chi connectivity index (χ4n) is 3.12. The normalized spacial score (nSPS) is 10.3. The van der Waals surface area contributed by atoms with Crippen LogP contribution in [0.1, 0.15) is 0 Å². The molecule has 0 fully saturated rings. The number of amides is 1. The van der Waals surface area contributed by atoms with Crippen LogP contribution in [0.25, 0.3) is 11.1 Å². The van der Waals surface area contributed by atoms with Gasteiger partial charge in [0.1, 0.15) is 23.1 Å². The van der Waals surface area contributed by atoms with Gasteiger partial charge in [-0.05, 0) is 54.1 Å². The molecule has 0 unspecified atom stereocenters. The van der Waals surface area contributed by atoms with Gasteiger partial charge in [-0.1, -0.05) is 36.9 Å². The summed E-state index contributed by atoms with van der Waals surface area (Å²) < 4.78 is 26.1. The number of nitrogens with one attached hydrogen (secondary N) is 1. The fourth-order valence-corrected chi connectivity index (χ4v) is 3.12. The Labute approximate surface area is 190 Å². The minimum atomic E-state index is -0.598. The molecule has 1 heterocycles. The third kappa shape index (κ3) is 5.16. The zero-order valence-corrected chi connectivity index (χ0v) is 17.5. The smallest absolute Gasteiger partial charge is 0.247 e. The second-order valence-corrected chi connectivity index (χ2v) is 6.95. The largest absolute Gasteiger partial charge is 0.457 e. The number of benzene rings is 3. The number of carbonyl (C=O) groups excluding carboxylic acids is 1. The molecule has 4 rings (SSSR count). The number of aromatic nitrogens is 1. The highest BCUT2D eigenvalue weighted by atomic mass is 19.1. The van der Waals surface area contributed by atoms with Crippen LogP contribution >= 0.6 is 0 Å². The van der Waals surface area contributed by atoms with Crippen molar-refractivity contribution in [2.75, 3.05) is 11.1 Å². The van der Waals surface area contributed by atoms with E-state index < -0.39 is 11.7 Å². The van der Waals surface area contributed by atoms with Crippen molar-refractivity contribution in [2.45, 2.75) is 0 Å². The Morgan fingerprint density at radius 1 is 0.939 bits per heavy atom. The van der Waals surface area contributed by atoms with E-state index in [1.54, 1.807) is 18.2 Å². The molecule has 164 valence electrons. The molecule has 1 aromatic heterocycles. The van der Waals surface area contributed by atoms with Crippen LogP contribution in [0.4, 0.5) is 15.9 Å². The van der Waals surface area contributed by atoms with Crippen LogP contribution < -0.4 is 20.5 Å². The van der Waals surface area contributed by atoms with E-state index in [9.17, 15) is 9.18 Å². The van der Waals surface area contributed by atoms with E-state index in [1.165, 1.54) is 24.4 Å². The van der Waals surface area contributed by atoms with E-state index >= 15 is 0 Å². The summed E-state index contributed by atoms with van der Waals surface area (Å²) >= 11 is 0. The average Bonchev–Trinajstić information content (AvgIpc) is 2.83. The summed E-state index contributed by atoms with van der Waals surface area (Å²) in [5.74, 6) is 0.804. The number of ether oxygens (including phenoxy) is 2. The number of nitrogen functional groups attached to an aromatic ring is 1. The van der Waals surface area contributed by atoms with Gasteiger partial charge in [0.05, 0.1) is 5.56 Å². The van der Waals surface area contributed by atoms with Gasteiger partial charge in [0.2, 0.25) is 5.91 Å². The molecule has 0 atom stereocenters. The van der Waals surface area contributed by atoms with E-state index in [1.807, 2.05) is 42.5 Å². The second kappa shape index (κ2) is 9.65. The van der Waals surface area contributed by atoms with Crippen molar-refractivity contribution in [1.82, 2.24) is 4.98 Å². The molecule has 0 saturated carbocycles. The Kier molecular flexibility index (Phi) is 6.31. The number of pyridine rings is 1. The number of nitrogens with two attached hydrogens (primary N) is 1.